The van der Waals surface area contributed by atoms with Crippen LogP contribution in [-0.4, -0.2) is 57.2 Å². The Bertz CT molecular complexity index is 1230. The number of nitrogens with two attached hydrogens (primary N) is 1. The highest BCUT2D eigenvalue weighted by atomic mass is 35.5. The number of hydrogen-bond acceptors (Lipinski definition) is 11. The first-order valence-corrected chi connectivity index (χ1v) is 13.7. The maximum Gasteiger partial charge on any atom is 0.490 e. The van der Waals surface area contributed by atoms with Crippen molar-refractivity contribution in [3.63, 3.8) is 0 Å². The van der Waals surface area contributed by atoms with E-state index in [1.54, 1.807) is 0 Å². The molecule has 5 unspecified atom stereocenters. The first-order chi connectivity index (χ1) is 15.2. The molecule has 1 saturated heterocycles. The minimum Gasteiger partial charge on any atom is -0.382 e. The Morgan fingerprint density at radius 3 is 2.55 bits per heavy atom. The zero-order chi connectivity index (χ0) is 24.7. The van der Waals surface area contributed by atoms with Gasteiger partial charge < -0.3 is 30.0 Å². The molecule has 0 spiro atoms. The number of nitrogen functional groups attached to an aromatic ring is 1. The summed E-state index contributed by atoms with van der Waals surface area (Å²) in [5.41, 5.74) is 4.88. The molecule has 0 aromatic carbocycles. The van der Waals surface area contributed by atoms with Crippen molar-refractivity contribution in [2.24, 2.45) is 5.92 Å². The molecule has 0 saturated carbocycles. The van der Waals surface area contributed by atoms with Crippen LogP contribution in [-0.2, 0) is 31.6 Å². The molecule has 0 bridgehead atoms. The summed E-state index contributed by atoms with van der Waals surface area (Å²) in [6.45, 7) is -0.765. The summed E-state index contributed by atoms with van der Waals surface area (Å²) in [5, 5.41) is 0. The highest BCUT2D eigenvalue weighted by Gasteiger charge is 2.49. The topological polar surface area (TPSA) is 239 Å². The number of terminal acetylenes is 1. The van der Waals surface area contributed by atoms with E-state index in [0.717, 1.165) is 0 Å². The molecule has 1 fully saturated rings. The van der Waals surface area contributed by atoms with Crippen molar-refractivity contribution in [3.8, 4) is 12.3 Å². The van der Waals surface area contributed by atoms with Crippen LogP contribution in [0.2, 0.25) is 0 Å². The molecule has 3 heterocycles. The van der Waals surface area contributed by atoms with E-state index < -0.39 is 47.8 Å². The van der Waals surface area contributed by atoms with Crippen LogP contribution < -0.4 is 5.73 Å². The molecular weight excluding hydrogens is 531 g/mol. The van der Waals surface area contributed by atoms with E-state index in [9.17, 15) is 23.5 Å². The van der Waals surface area contributed by atoms with E-state index in [0.29, 0.717) is 5.65 Å². The van der Waals surface area contributed by atoms with Crippen LogP contribution in [0.4, 0.5) is 5.82 Å². The fourth-order valence-electron chi connectivity index (χ4n) is 3.06. The first-order valence-electron chi connectivity index (χ1n) is 8.61. The number of phosphoric acid groups is 3. The van der Waals surface area contributed by atoms with E-state index >= 15 is 0 Å². The summed E-state index contributed by atoms with van der Waals surface area (Å²) < 4.78 is 53.8. The summed E-state index contributed by atoms with van der Waals surface area (Å²) in [7, 11) is -16.6. The quantitative estimate of drug-likeness (QED) is 0.166. The second-order valence-electron chi connectivity index (χ2n) is 6.75. The van der Waals surface area contributed by atoms with Gasteiger partial charge in [0.05, 0.1) is 24.7 Å². The third kappa shape index (κ3) is 6.17. The summed E-state index contributed by atoms with van der Waals surface area (Å²) in [6, 6.07) is 0. The number of ether oxygens (including phenoxy) is 1. The molecule has 20 heteroatoms. The van der Waals surface area contributed by atoms with Crippen LogP contribution in [0.5, 0.6) is 0 Å². The molecular formula is C13H17ClN5O11P3. The van der Waals surface area contributed by atoms with E-state index in [4.69, 9.17) is 42.8 Å². The molecule has 16 nitrogen and oxygen atoms in total. The van der Waals surface area contributed by atoms with E-state index in [1.807, 2.05) is 0 Å². The number of fused-ring (bicyclic) bond motifs is 1. The number of alkyl halides is 1. The zero-order valence-corrected chi connectivity index (χ0v) is 19.7. The Balaban J connectivity index is 1.79. The van der Waals surface area contributed by atoms with Crippen molar-refractivity contribution in [2.75, 3.05) is 18.2 Å². The van der Waals surface area contributed by atoms with E-state index in [-0.39, 0.29) is 23.6 Å². The van der Waals surface area contributed by atoms with Gasteiger partial charge in [0.25, 0.3) is 0 Å². The molecule has 2 aromatic heterocycles. The monoisotopic (exact) mass is 547 g/mol. The van der Waals surface area contributed by atoms with Crippen molar-refractivity contribution in [3.05, 3.63) is 12.7 Å². The van der Waals surface area contributed by atoms with Crippen molar-refractivity contribution < 1.29 is 51.2 Å². The molecule has 1 aliphatic heterocycles. The second kappa shape index (κ2) is 9.31. The predicted octanol–water partition coefficient (Wildman–Crippen LogP) is 0.898. The molecule has 2 aromatic rings. The van der Waals surface area contributed by atoms with Crippen LogP contribution in [0.3, 0.4) is 0 Å². The standard InChI is InChI=1S/C13H17ClN5O11P3/c1-2-8-3-13(4-14,5-27-32(23,24)30-33(25,26)29-31(20,21)22)28-12(8)19-7-18-9-10(15)16-6-17-11(9)19/h1,6-8,12H,3-5H2,(H,23,24)(H,25,26)(H2,15,16,17)(H2,20,21,22). The lowest BCUT2D eigenvalue weighted by Crippen LogP contribution is -2.36. The van der Waals surface area contributed by atoms with Gasteiger partial charge in [-0.3, -0.25) is 9.09 Å². The Kier molecular flexibility index (Phi) is 7.39. The molecule has 3 rings (SSSR count). The molecule has 5 atom stereocenters. The molecule has 182 valence electrons. The molecule has 0 radical (unpaired) electrons. The number of nitrogens with zero attached hydrogens (tertiary/aromatic N) is 4. The number of anilines is 1. The molecule has 1 aliphatic rings. The average molecular weight is 548 g/mol. The van der Waals surface area contributed by atoms with E-state index in [2.05, 4.69) is 29.5 Å². The van der Waals surface area contributed by atoms with Gasteiger partial charge in [0, 0.05) is 0 Å². The minimum absolute atomic E-state index is 0.00761. The van der Waals surface area contributed by atoms with Crippen LogP contribution in [0.15, 0.2) is 12.7 Å². The highest BCUT2D eigenvalue weighted by Crippen LogP contribution is 2.66. The Hall–Kier alpha value is -1.43. The van der Waals surface area contributed by atoms with Crippen LogP contribution in [0.1, 0.15) is 12.6 Å². The van der Waals surface area contributed by atoms with E-state index in [1.165, 1.54) is 17.2 Å². The van der Waals surface area contributed by atoms with Gasteiger partial charge in [0.1, 0.15) is 17.4 Å². The molecule has 0 amide bonds. The number of imidazole rings is 1. The maximum absolute atomic E-state index is 12.1. The lowest BCUT2D eigenvalue weighted by atomic mass is 9.96. The number of rotatable bonds is 9. The summed E-state index contributed by atoms with van der Waals surface area (Å²) in [4.78, 5) is 48.2. The summed E-state index contributed by atoms with van der Waals surface area (Å²) in [5.74, 6) is 1.68. The predicted molar refractivity (Wildman–Crippen MR) is 110 cm³/mol. The third-order valence-corrected chi connectivity index (χ3v) is 8.60. The maximum atomic E-state index is 12.1. The number of halogens is 1. The SMILES string of the molecule is C#CC1CC(CCl)(COP(=O)(O)OP(=O)(O)OP(=O)(O)O)OC1n1cnc2c(N)ncnc21. The third-order valence-electron chi connectivity index (χ3n) is 4.33. The van der Waals surface area contributed by atoms with Crippen LogP contribution >= 0.6 is 35.1 Å². The Morgan fingerprint density at radius 1 is 1.24 bits per heavy atom. The number of aromatic nitrogens is 4. The molecule has 0 aliphatic carbocycles. The average Bonchev–Trinajstić information content (AvgIpc) is 3.26. The van der Waals surface area contributed by atoms with Gasteiger partial charge >= 0.3 is 23.5 Å². The number of hydrogen-bond donors (Lipinski definition) is 5. The van der Waals surface area contributed by atoms with Crippen molar-refractivity contribution >= 4 is 52.1 Å². The fraction of sp³-hybridized carbons (Fsp3) is 0.462. The first kappa shape index (κ1) is 26.2. The largest absolute Gasteiger partial charge is 0.490 e. The van der Waals surface area contributed by atoms with Gasteiger partial charge in [-0.2, -0.15) is 8.62 Å². The molecule has 6 N–H and O–H groups in total. The second-order valence-corrected chi connectivity index (χ2v) is 11.4. The van der Waals surface area contributed by atoms with Gasteiger partial charge in [0.2, 0.25) is 0 Å². The molecule has 33 heavy (non-hydrogen) atoms. The number of phosphoric ester groups is 1. The van der Waals surface area contributed by atoms with Gasteiger partial charge in [-0.1, -0.05) is 5.92 Å². The van der Waals surface area contributed by atoms with Gasteiger partial charge in [-0.15, -0.1) is 18.0 Å². The van der Waals surface area contributed by atoms with Crippen molar-refractivity contribution in [1.82, 2.24) is 19.5 Å². The highest BCUT2D eigenvalue weighted by molar-refractivity contribution is 7.66. The summed E-state index contributed by atoms with van der Waals surface area (Å²) in [6.07, 6.45) is 7.28. The Labute approximate surface area is 190 Å². The lowest BCUT2D eigenvalue weighted by molar-refractivity contribution is -0.0846. The smallest absolute Gasteiger partial charge is 0.382 e. The normalized spacial score (nSPS) is 27.2. The van der Waals surface area contributed by atoms with Crippen LogP contribution in [0.25, 0.3) is 11.2 Å². The minimum atomic E-state index is -5.67. The van der Waals surface area contributed by atoms with Crippen molar-refractivity contribution in [2.45, 2.75) is 18.2 Å². The van der Waals surface area contributed by atoms with Gasteiger partial charge in [-0.25, -0.2) is 28.6 Å². The Morgan fingerprint density at radius 2 is 1.94 bits per heavy atom. The fourth-order valence-corrected chi connectivity index (χ4v) is 6.40. The summed E-state index contributed by atoms with van der Waals surface area (Å²) >= 11 is 6.02. The zero-order valence-electron chi connectivity index (χ0n) is 16.2. The van der Waals surface area contributed by atoms with Gasteiger partial charge in [-0.05, 0) is 6.42 Å². The van der Waals surface area contributed by atoms with Crippen LogP contribution in [0, 0.1) is 18.3 Å². The van der Waals surface area contributed by atoms with Crippen molar-refractivity contribution in [1.29, 1.82) is 0 Å². The lowest BCUT2D eigenvalue weighted by Gasteiger charge is -2.27. The van der Waals surface area contributed by atoms with Gasteiger partial charge in [0.15, 0.2) is 17.7 Å².